The maximum Gasteiger partial charge on any atom is 0.393 e. The zero-order valence-corrected chi connectivity index (χ0v) is 45.9. The summed E-state index contributed by atoms with van der Waals surface area (Å²) < 4.78 is 87.7. The van der Waals surface area contributed by atoms with Crippen LogP contribution in [-0.4, -0.2) is 119 Å². The van der Waals surface area contributed by atoms with Crippen molar-refractivity contribution in [2.75, 3.05) is 42.1 Å². The number of nitrogens with one attached hydrogen (secondary N) is 3. The molecule has 7 N–H and O–H groups in total. The largest absolute Gasteiger partial charge is 0.497 e. The van der Waals surface area contributed by atoms with Crippen molar-refractivity contribution >= 4 is 66.6 Å². The number of anilines is 4. The quantitative estimate of drug-likeness (QED) is 0.0443. The van der Waals surface area contributed by atoms with Crippen molar-refractivity contribution in [1.82, 2.24) is 49.7 Å². The van der Waals surface area contributed by atoms with Crippen molar-refractivity contribution in [3.05, 3.63) is 149 Å². The van der Waals surface area contributed by atoms with Crippen LogP contribution < -0.4 is 36.2 Å². The molecule has 0 unspecified atom stereocenters. The van der Waals surface area contributed by atoms with Gasteiger partial charge in [0.15, 0.2) is 0 Å². The number of hydrogen-bond acceptors (Lipinski definition) is 17. The molecule has 17 nitrogen and oxygen atoms in total. The number of imidazole rings is 2. The lowest BCUT2D eigenvalue weighted by Gasteiger charge is -2.29. The topological polar surface area (TPSA) is 205 Å². The summed E-state index contributed by atoms with van der Waals surface area (Å²) in [5.41, 5.74) is 11.1. The zero-order valence-electron chi connectivity index (χ0n) is 44.3. The number of nitrogens with two attached hydrogens (primary N) is 1. The minimum Gasteiger partial charge on any atom is -0.497 e. The predicted octanol–water partition coefficient (Wildman–Crippen LogP) is 9.40. The first-order valence-corrected chi connectivity index (χ1v) is 27.7. The highest BCUT2D eigenvalue weighted by Gasteiger charge is 2.39. The highest BCUT2D eigenvalue weighted by Crippen LogP contribution is 2.39. The molecule has 11 rings (SSSR count). The summed E-state index contributed by atoms with van der Waals surface area (Å²) in [5.74, 6) is 1.96. The SMILES string of the molecule is CN(c1nc(N)nc2sc(CC(F)(F)F)cc12)[C@H]1C[C@@H](NCc2ccc(-n3ccnc3)cc2)C[C@H]1O.COc1ccc(CNc2nc(N(C)[C@H]3C[C@@H](NCc4ccc(-n5ccnc5)cc4)C[C@H]3O)c3cc(CC(F)(F)F)sc3n2)cc1. The first-order chi connectivity index (χ1) is 38.8. The third-order valence-electron chi connectivity index (χ3n) is 14.5. The smallest absolute Gasteiger partial charge is 0.393 e. The number of aliphatic hydroxyl groups excluding tert-OH is 2. The van der Waals surface area contributed by atoms with Crippen LogP contribution in [0, 0.1) is 0 Å². The molecular weight excluding hydrogens is 1090 g/mol. The fourth-order valence-electron chi connectivity index (χ4n) is 10.4. The Balaban J connectivity index is 0.000000186. The zero-order chi connectivity index (χ0) is 57.0. The molecule has 2 aliphatic carbocycles. The number of methoxy groups -OCH3 is 1. The Morgan fingerprint density at radius 2 is 1.06 bits per heavy atom. The number of nitrogen functional groups attached to an aromatic ring is 1. The van der Waals surface area contributed by atoms with E-state index in [2.05, 4.69) is 53.0 Å². The standard InChI is InChI=1S/C32H34F3N7O2S.C24H26F3N7OS/c1-41(27-13-22(14-28(27)43)37-17-20-3-7-23(8-4-20)42-12-11-36-19-42)29-26-15-25(16-32(33,34)35)45-30(26)40-31(39-29)38-18-21-5-9-24(44-2)10-6-21;1-33(21-18-10-17(11-24(25,26)27)36-22(18)32-23(28)31-21)19-8-15(9-20(19)35)30-12-14-2-4-16(5-3-14)34-7-6-29-13-34/h3-12,15,19,22,27-28,37,43H,13-14,16-18H2,1-2H3,(H,38,39,40);2-7,10,13,15,19-20,30,35H,8-9,11-12H2,1H3,(H2,28,31,32)/t22-,27+,28-;15-,19+,20-/m11/s1. The van der Waals surface area contributed by atoms with E-state index in [0.717, 1.165) is 56.5 Å². The summed E-state index contributed by atoms with van der Waals surface area (Å²) in [6.07, 6.45) is 1.14. The maximum atomic E-state index is 13.3. The third kappa shape index (κ3) is 14.2. The number of rotatable bonds is 18. The Hall–Kier alpha value is -7.42. The molecule has 2 fully saturated rings. The van der Waals surface area contributed by atoms with Crippen LogP contribution in [0.3, 0.4) is 0 Å². The van der Waals surface area contributed by atoms with E-state index < -0.39 is 37.4 Å². The fourth-order valence-corrected chi connectivity index (χ4v) is 12.5. The van der Waals surface area contributed by atoms with E-state index >= 15 is 0 Å². The summed E-state index contributed by atoms with van der Waals surface area (Å²) in [6.45, 7) is 1.70. The molecular formula is C56H60F6N14O3S2. The minimum absolute atomic E-state index is 0.00828. The van der Waals surface area contributed by atoms with Gasteiger partial charge in [0.25, 0.3) is 0 Å². The third-order valence-corrected chi connectivity index (χ3v) is 16.6. The van der Waals surface area contributed by atoms with Crippen molar-refractivity contribution < 1.29 is 41.3 Å². The average molecular weight is 1160 g/mol. The van der Waals surface area contributed by atoms with Crippen LogP contribution in [0.25, 0.3) is 31.8 Å². The molecule has 6 aromatic heterocycles. The van der Waals surface area contributed by atoms with Gasteiger partial charge >= 0.3 is 12.4 Å². The summed E-state index contributed by atoms with van der Waals surface area (Å²) in [7, 11) is 5.22. The molecule has 0 aliphatic heterocycles. The molecule has 6 heterocycles. The Kier molecular flexibility index (Phi) is 17.1. The molecule has 6 atom stereocenters. The molecule has 81 heavy (non-hydrogen) atoms. The van der Waals surface area contributed by atoms with Crippen molar-refractivity contribution in [1.29, 1.82) is 0 Å². The first kappa shape index (κ1) is 56.8. The van der Waals surface area contributed by atoms with E-state index in [0.29, 0.717) is 83.3 Å². The molecule has 0 amide bonds. The van der Waals surface area contributed by atoms with Gasteiger partial charge in [-0.1, -0.05) is 36.4 Å². The number of aliphatic hydroxyl groups is 2. The second-order valence-electron chi connectivity index (χ2n) is 20.3. The van der Waals surface area contributed by atoms with Crippen LogP contribution in [0.2, 0.25) is 0 Å². The molecule has 0 saturated heterocycles. The molecule has 426 valence electrons. The Morgan fingerprint density at radius 1 is 0.617 bits per heavy atom. The van der Waals surface area contributed by atoms with Crippen molar-refractivity contribution in [2.24, 2.45) is 0 Å². The molecule has 2 aliphatic rings. The number of likely N-dealkylation sites (N-methyl/N-ethyl adjacent to an activating group) is 2. The molecule has 0 spiro atoms. The van der Waals surface area contributed by atoms with Gasteiger partial charge in [0.1, 0.15) is 27.0 Å². The second-order valence-corrected chi connectivity index (χ2v) is 22.5. The summed E-state index contributed by atoms with van der Waals surface area (Å²) in [5, 5.41) is 33.3. The van der Waals surface area contributed by atoms with E-state index in [1.165, 1.54) is 12.1 Å². The predicted molar refractivity (Wildman–Crippen MR) is 302 cm³/mol. The molecule has 3 aromatic carbocycles. The molecule has 9 aromatic rings. The highest BCUT2D eigenvalue weighted by molar-refractivity contribution is 7.19. The van der Waals surface area contributed by atoms with E-state index in [4.69, 9.17) is 15.5 Å². The van der Waals surface area contributed by atoms with Crippen LogP contribution >= 0.6 is 22.7 Å². The Bertz CT molecular complexity index is 3490. The van der Waals surface area contributed by atoms with E-state index in [-0.39, 0.29) is 39.9 Å². The lowest BCUT2D eigenvalue weighted by Crippen LogP contribution is -2.38. The van der Waals surface area contributed by atoms with Crippen LogP contribution in [-0.2, 0) is 32.5 Å². The van der Waals surface area contributed by atoms with E-state index in [1.54, 1.807) is 39.2 Å². The van der Waals surface area contributed by atoms with Gasteiger partial charge in [0.05, 0.1) is 67.7 Å². The maximum absolute atomic E-state index is 13.3. The van der Waals surface area contributed by atoms with Crippen LogP contribution in [0.15, 0.2) is 122 Å². The average Bonchev–Trinajstić information content (AvgIpc) is 4.33. The number of ether oxygens (including phenoxy) is 1. The van der Waals surface area contributed by atoms with Gasteiger partial charge in [-0.3, -0.25) is 0 Å². The number of alkyl halides is 6. The number of nitrogens with zero attached hydrogens (tertiary/aromatic N) is 10. The second kappa shape index (κ2) is 24.4. The van der Waals surface area contributed by atoms with Gasteiger partial charge in [-0.2, -0.15) is 36.3 Å². The van der Waals surface area contributed by atoms with Gasteiger partial charge in [-0.25, -0.2) is 19.9 Å². The molecule has 0 bridgehead atoms. The van der Waals surface area contributed by atoms with Gasteiger partial charge in [0.2, 0.25) is 11.9 Å². The lowest BCUT2D eigenvalue weighted by molar-refractivity contribution is -0.127. The summed E-state index contributed by atoms with van der Waals surface area (Å²) in [6, 6.07) is 26.4. The molecule has 0 radical (unpaired) electrons. The van der Waals surface area contributed by atoms with Crippen molar-refractivity contribution in [3.8, 4) is 17.1 Å². The lowest BCUT2D eigenvalue weighted by atomic mass is 10.1. The van der Waals surface area contributed by atoms with Crippen LogP contribution in [0.4, 0.5) is 49.9 Å². The monoisotopic (exact) mass is 1150 g/mol. The molecule has 2 saturated carbocycles. The number of benzene rings is 3. The Morgan fingerprint density at radius 3 is 1.51 bits per heavy atom. The number of fused-ring (bicyclic) bond motifs is 2. The van der Waals surface area contributed by atoms with E-state index in [9.17, 15) is 36.6 Å². The summed E-state index contributed by atoms with van der Waals surface area (Å²) >= 11 is 1.97. The molecule has 25 heteroatoms. The highest BCUT2D eigenvalue weighted by atomic mass is 32.1. The Labute approximate surface area is 470 Å². The van der Waals surface area contributed by atoms with Gasteiger partial charge < -0.3 is 55.6 Å². The van der Waals surface area contributed by atoms with Crippen LogP contribution in [0.1, 0.15) is 52.1 Å². The van der Waals surface area contributed by atoms with Crippen LogP contribution in [0.5, 0.6) is 5.75 Å². The van der Waals surface area contributed by atoms with Crippen molar-refractivity contribution in [2.45, 2.75) is 107 Å². The van der Waals surface area contributed by atoms with Gasteiger partial charge in [-0.15, -0.1) is 22.7 Å². The number of halogens is 6. The normalized spacial score (nSPS) is 19.2. The fraction of sp³-hybridized carbons (Fsp3) is 0.357. The number of aromatic nitrogens is 8. The first-order valence-electron chi connectivity index (χ1n) is 26.1. The van der Waals surface area contributed by atoms with Gasteiger partial charge in [0, 0.05) is 91.7 Å². The van der Waals surface area contributed by atoms with Gasteiger partial charge in [-0.05, 0) is 90.9 Å². The summed E-state index contributed by atoms with van der Waals surface area (Å²) in [4.78, 5) is 30.8. The number of thiophene rings is 2. The minimum atomic E-state index is -4.34. The van der Waals surface area contributed by atoms with E-state index in [1.807, 2.05) is 99.0 Å². The van der Waals surface area contributed by atoms with Crippen molar-refractivity contribution in [3.63, 3.8) is 0 Å². The number of hydrogen-bond donors (Lipinski definition) is 6.